The second kappa shape index (κ2) is 6.23. The van der Waals surface area contributed by atoms with Crippen LogP contribution in [0.2, 0.25) is 0 Å². The van der Waals surface area contributed by atoms with Crippen LogP contribution in [0.25, 0.3) is 0 Å². The summed E-state index contributed by atoms with van der Waals surface area (Å²) in [4.78, 5) is 0.531. The SMILES string of the molecule is CCCc1ccc(C(Br)CCC)cc1. The van der Waals surface area contributed by atoms with E-state index in [1.165, 1.54) is 36.8 Å². The van der Waals surface area contributed by atoms with Crippen LogP contribution in [-0.4, -0.2) is 0 Å². The van der Waals surface area contributed by atoms with Crippen molar-refractivity contribution in [3.63, 3.8) is 0 Å². The number of hydrogen-bond acceptors (Lipinski definition) is 0. The Morgan fingerprint density at radius 1 is 1.07 bits per heavy atom. The van der Waals surface area contributed by atoms with Crippen LogP contribution in [0, 0.1) is 0 Å². The molecule has 0 amide bonds. The van der Waals surface area contributed by atoms with Crippen LogP contribution in [0.5, 0.6) is 0 Å². The number of aryl methyl sites for hydroxylation is 1. The Balaban J connectivity index is 2.62. The van der Waals surface area contributed by atoms with Crippen LogP contribution >= 0.6 is 15.9 Å². The zero-order chi connectivity index (χ0) is 10.4. The maximum atomic E-state index is 3.71. The van der Waals surface area contributed by atoms with E-state index >= 15 is 0 Å². The van der Waals surface area contributed by atoms with Crippen molar-refractivity contribution in [3.05, 3.63) is 35.4 Å². The summed E-state index contributed by atoms with van der Waals surface area (Å²) in [5.41, 5.74) is 2.86. The number of rotatable bonds is 5. The van der Waals surface area contributed by atoms with Gasteiger partial charge in [0.2, 0.25) is 0 Å². The molecule has 1 heteroatoms. The molecule has 14 heavy (non-hydrogen) atoms. The molecule has 0 radical (unpaired) electrons. The van der Waals surface area contributed by atoms with Crippen LogP contribution in [0.15, 0.2) is 24.3 Å². The molecule has 0 saturated heterocycles. The van der Waals surface area contributed by atoms with Crippen molar-refractivity contribution in [3.8, 4) is 0 Å². The van der Waals surface area contributed by atoms with Crippen molar-refractivity contribution < 1.29 is 0 Å². The van der Waals surface area contributed by atoms with Crippen LogP contribution in [0.3, 0.4) is 0 Å². The summed E-state index contributed by atoms with van der Waals surface area (Å²) >= 11 is 3.71. The molecule has 0 spiro atoms. The van der Waals surface area contributed by atoms with Gasteiger partial charge in [-0.3, -0.25) is 0 Å². The third kappa shape index (κ3) is 3.45. The largest absolute Gasteiger partial charge is 0.0839 e. The lowest BCUT2D eigenvalue weighted by Crippen LogP contribution is -1.90. The molecule has 1 atom stereocenters. The second-order valence-corrected chi connectivity index (χ2v) is 4.85. The van der Waals surface area contributed by atoms with Crippen molar-refractivity contribution in [1.82, 2.24) is 0 Å². The van der Waals surface area contributed by atoms with E-state index < -0.39 is 0 Å². The molecule has 78 valence electrons. The number of halogens is 1. The molecule has 0 N–H and O–H groups in total. The van der Waals surface area contributed by atoms with Gasteiger partial charge in [0.05, 0.1) is 0 Å². The van der Waals surface area contributed by atoms with Gasteiger partial charge in [-0.15, -0.1) is 0 Å². The van der Waals surface area contributed by atoms with E-state index in [1.807, 2.05) is 0 Å². The molecule has 0 aromatic heterocycles. The molecular formula is C13H19Br. The van der Waals surface area contributed by atoms with E-state index in [-0.39, 0.29) is 0 Å². The topological polar surface area (TPSA) is 0 Å². The molecule has 0 saturated carbocycles. The predicted octanol–water partition coefficient (Wildman–Crippen LogP) is 4.88. The van der Waals surface area contributed by atoms with E-state index in [0.29, 0.717) is 4.83 Å². The molecule has 1 aromatic rings. The third-order valence-electron chi connectivity index (χ3n) is 2.42. The normalized spacial score (nSPS) is 12.8. The molecule has 0 heterocycles. The van der Waals surface area contributed by atoms with Gasteiger partial charge in [-0.05, 0) is 24.0 Å². The fraction of sp³-hybridized carbons (Fsp3) is 0.538. The van der Waals surface area contributed by atoms with E-state index in [0.717, 1.165) is 0 Å². The zero-order valence-electron chi connectivity index (χ0n) is 9.09. The van der Waals surface area contributed by atoms with Gasteiger partial charge in [0.25, 0.3) is 0 Å². The minimum atomic E-state index is 0.531. The van der Waals surface area contributed by atoms with Crippen molar-refractivity contribution in [1.29, 1.82) is 0 Å². The quantitative estimate of drug-likeness (QED) is 0.658. The van der Waals surface area contributed by atoms with Gasteiger partial charge < -0.3 is 0 Å². The summed E-state index contributed by atoms with van der Waals surface area (Å²) in [6, 6.07) is 9.01. The lowest BCUT2D eigenvalue weighted by molar-refractivity contribution is 0.787. The Morgan fingerprint density at radius 2 is 1.71 bits per heavy atom. The van der Waals surface area contributed by atoms with E-state index in [1.54, 1.807) is 0 Å². The highest BCUT2D eigenvalue weighted by atomic mass is 79.9. The zero-order valence-corrected chi connectivity index (χ0v) is 10.7. The summed E-state index contributed by atoms with van der Waals surface area (Å²) in [6.07, 6.45) is 4.87. The lowest BCUT2D eigenvalue weighted by atomic mass is 10.0. The van der Waals surface area contributed by atoms with Crippen LogP contribution in [0.1, 0.15) is 49.1 Å². The molecule has 0 nitrogen and oxygen atoms in total. The van der Waals surface area contributed by atoms with Gasteiger partial charge in [-0.25, -0.2) is 0 Å². The first-order valence-electron chi connectivity index (χ1n) is 5.50. The number of benzene rings is 1. The highest BCUT2D eigenvalue weighted by Crippen LogP contribution is 2.27. The van der Waals surface area contributed by atoms with Crippen LogP contribution in [-0.2, 0) is 6.42 Å². The first kappa shape index (κ1) is 11.8. The predicted molar refractivity (Wildman–Crippen MR) is 67.0 cm³/mol. The number of alkyl halides is 1. The van der Waals surface area contributed by atoms with Gasteiger partial charge >= 0.3 is 0 Å². The maximum absolute atomic E-state index is 3.71. The lowest BCUT2D eigenvalue weighted by Gasteiger charge is -2.09. The second-order valence-electron chi connectivity index (χ2n) is 3.75. The van der Waals surface area contributed by atoms with Gasteiger partial charge in [-0.2, -0.15) is 0 Å². The molecular weight excluding hydrogens is 236 g/mol. The van der Waals surface area contributed by atoms with E-state index in [4.69, 9.17) is 0 Å². The Hall–Kier alpha value is -0.300. The molecule has 1 unspecified atom stereocenters. The first-order valence-corrected chi connectivity index (χ1v) is 6.42. The van der Waals surface area contributed by atoms with E-state index in [9.17, 15) is 0 Å². The highest BCUT2D eigenvalue weighted by molar-refractivity contribution is 9.09. The summed E-state index contributed by atoms with van der Waals surface area (Å²) < 4.78 is 0. The minimum Gasteiger partial charge on any atom is -0.0839 e. The fourth-order valence-corrected chi connectivity index (χ4v) is 2.36. The van der Waals surface area contributed by atoms with Crippen molar-refractivity contribution in [2.45, 2.75) is 44.4 Å². The molecule has 0 bridgehead atoms. The van der Waals surface area contributed by atoms with Gasteiger partial charge in [0, 0.05) is 4.83 Å². The standard InChI is InChI=1S/C13H19Br/c1-3-5-11-7-9-12(10-8-11)13(14)6-4-2/h7-10,13H,3-6H2,1-2H3. The first-order chi connectivity index (χ1) is 6.77. The molecule has 1 rings (SSSR count). The maximum Gasteiger partial charge on any atom is 0.0395 e. The molecule has 0 aliphatic rings. The third-order valence-corrected chi connectivity index (χ3v) is 3.41. The van der Waals surface area contributed by atoms with Crippen molar-refractivity contribution in [2.75, 3.05) is 0 Å². The van der Waals surface area contributed by atoms with Crippen LogP contribution in [0.4, 0.5) is 0 Å². The minimum absolute atomic E-state index is 0.531. The Kier molecular flexibility index (Phi) is 5.24. The Labute approximate surface area is 95.9 Å². The summed E-state index contributed by atoms with van der Waals surface area (Å²) in [7, 11) is 0. The number of hydrogen-bond donors (Lipinski definition) is 0. The van der Waals surface area contributed by atoms with Gasteiger partial charge in [-0.1, -0.05) is 66.9 Å². The van der Waals surface area contributed by atoms with Gasteiger partial charge in [0.1, 0.15) is 0 Å². The fourth-order valence-electron chi connectivity index (χ4n) is 1.60. The molecule has 0 aliphatic heterocycles. The summed E-state index contributed by atoms with van der Waals surface area (Å²) in [5, 5.41) is 0. The average molecular weight is 255 g/mol. The molecule has 1 aromatic carbocycles. The molecule has 0 aliphatic carbocycles. The smallest absolute Gasteiger partial charge is 0.0395 e. The van der Waals surface area contributed by atoms with Crippen molar-refractivity contribution >= 4 is 15.9 Å². The van der Waals surface area contributed by atoms with Gasteiger partial charge in [0.15, 0.2) is 0 Å². The van der Waals surface area contributed by atoms with E-state index in [2.05, 4.69) is 54.0 Å². The highest BCUT2D eigenvalue weighted by Gasteiger charge is 2.05. The van der Waals surface area contributed by atoms with Crippen molar-refractivity contribution in [2.24, 2.45) is 0 Å². The Bertz CT molecular complexity index is 250. The molecule has 0 fully saturated rings. The summed E-state index contributed by atoms with van der Waals surface area (Å²) in [5.74, 6) is 0. The monoisotopic (exact) mass is 254 g/mol. The summed E-state index contributed by atoms with van der Waals surface area (Å²) in [6.45, 7) is 4.44. The average Bonchev–Trinajstić information content (AvgIpc) is 2.20. The Morgan fingerprint density at radius 3 is 2.21 bits per heavy atom. The van der Waals surface area contributed by atoms with Crippen LogP contribution < -0.4 is 0 Å².